The van der Waals surface area contributed by atoms with Gasteiger partial charge in [-0.05, 0) is 26.1 Å². The predicted molar refractivity (Wildman–Crippen MR) is 78.0 cm³/mol. The number of carbonyl (C=O) groups is 1. The highest BCUT2D eigenvalue weighted by Gasteiger charge is 2.69. The van der Waals surface area contributed by atoms with Crippen molar-refractivity contribution in [2.45, 2.75) is 30.8 Å². The van der Waals surface area contributed by atoms with Crippen molar-refractivity contribution in [2.75, 3.05) is 13.6 Å². The SMILES string of the molecule is CN1CC[C@]23C4=C5O[C@H]2C(O)=C=C[C@H]3[C@H]1C(=O)C4=CCC5(O)O. The van der Waals surface area contributed by atoms with Crippen LogP contribution in [0, 0.1) is 11.3 Å². The minimum atomic E-state index is -2.13. The lowest BCUT2D eigenvalue weighted by Crippen LogP contribution is -2.63. The van der Waals surface area contributed by atoms with Crippen LogP contribution in [0.4, 0.5) is 0 Å². The number of ketones is 1. The van der Waals surface area contributed by atoms with Crippen LogP contribution in [0.15, 0.2) is 40.5 Å². The Bertz CT molecular complexity index is 785. The fraction of sp³-hybridized carbons (Fsp3) is 0.529. The van der Waals surface area contributed by atoms with Gasteiger partial charge < -0.3 is 20.1 Å². The molecule has 2 bridgehead atoms. The number of carbonyl (C=O) groups excluding carboxylic acids is 1. The molecule has 6 heteroatoms. The second kappa shape index (κ2) is 3.79. The van der Waals surface area contributed by atoms with Gasteiger partial charge in [0.1, 0.15) is 0 Å². The minimum absolute atomic E-state index is 0.0143. The first kappa shape index (κ1) is 13.6. The van der Waals surface area contributed by atoms with Crippen LogP contribution in [0.3, 0.4) is 0 Å². The highest BCUT2D eigenvalue weighted by Crippen LogP contribution is 2.64. The second-order valence-corrected chi connectivity index (χ2v) is 7.14. The van der Waals surface area contributed by atoms with Crippen LogP contribution in [-0.4, -0.2) is 57.5 Å². The molecule has 5 aliphatic rings. The molecule has 1 spiro atoms. The number of rotatable bonds is 0. The molecule has 120 valence electrons. The summed E-state index contributed by atoms with van der Waals surface area (Å²) in [5.41, 5.74) is 3.31. The fourth-order valence-electron chi connectivity index (χ4n) is 5.09. The van der Waals surface area contributed by atoms with E-state index in [9.17, 15) is 20.1 Å². The number of likely N-dealkylation sites (tertiary alicyclic amines) is 1. The highest BCUT2D eigenvalue weighted by atomic mass is 16.6. The normalized spacial score (nSPS) is 42.9. The van der Waals surface area contributed by atoms with Gasteiger partial charge in [-0.2, -0.15) is 0 Å². The maximum Gasteiger partial charge on any atom is 0.226 e. The van der Waals surface area contributed by atoms with E-state index in [0.717, 1.165) is 0 Å². The average Bonchev–Trinajstić information content (AvgIpc) is 2.85. The van der Waals surface area contributed by atoms with Gasteiger partial charge in [-0.1, -0.05) is 11.8 Å². The molecule has 0 aromatic heterocycles. The van der Waals surface area contributed by atoms with Gasteiger partial charge in [0.15, 0.2) is 23.4 Å². The van der Waals surface area contributed by atoms with Crippen molar-refractivity contribution in [1.82, 2.24) is 4.90 Å². The van der Waals surface area contributed by atoms with Gasteiger partial charge >= 0.3 is 0 Å². The molecule has 23 heavy (non-hydrogen) atoms. The molecular weight excluding hydrogens is 298 g/mol. The van der Waals surface area contributed by atoms with E-state index in [0.29, 0.717) is 24.1 Å². The van der Waals surface area contributed by atoms with Gasteiger partial charge in [0, 0.05) is 23.5 Å². The standard InChI is InChI=1S/C17H17NO5/c1-18-7-6-16-9-2-3-10(19)14(16)23-15-11(16)8(13(20)12(9)18)4-5-17(15,21)22/h2,4,9,12,14,19,21-22H,5-7H2,1H3/t9-,12-,14-,16-/m0/s1. The van der Waals surface area contributed by atoms with Gasteiger partial charge in [-0.3, -0.25) is 9.69 Å². The van der Waals surface area contributed by atoms with Crippen LogP contribution in [0.5, 0.6) is 0 Å². The summed E-state index contributed by atoms with van der Waals surface area (Å²) in [5, 5.41) is 31.0. The van der Waals surface area contributed by atoms with Crippen molar-refractivity contribution in [1.29, 1.82) is 0 Å². The van der Waals surface area contributed by atoms with Crippen molar-refractivity contribution < 1.29 is 24.9 Å². The molecule has 2 aliphatic heterocycles. The van der Waals surface area contributed by atoms with E-state index >= 15 is 0 Å². The number of aliphatic hydroxyl groups excluding tert-OH is 1. The number of likely N-dealkylation sites (N-methyl/N-ethyl adjacent to an activating group) is 1. The van der Waals surface area contributed by atoms with Gasteiger partial charge in [0.25, 0.3) is 0 Å². The molecule has 0 amide bonds. The third kappa shape index (κ3) is 1.31. The Morgan fingerprint density at radius 3 is 3.00 bits per heavy atom. The van der Waals surface area contributed by atoms with Crippen molar-refractivity contribution in [3.05, 3.63) is 40.5 Å². The highest BCUT2D eigenvalue weighted by molar-refractivity contribution is 6.06. The number of aliphatic hydroxyl groups is 3. The molecular formula is C17H17NO5. The molecule has 5 rings (SSSR count). The van der Waals surface area contributed by atoms with E-state index in [1.807, 2.05) is 11.9 Å². The van der Waals surface area contributed by atoms with Gasteiger partial charge in [-0.15, -0.1) is 0 Å². The van der Waals surface area contributed by atoms with Crippen molar-refractivity contribution >= 4 is 5.78 Å². The van der Waals surface area contributed by atoms with Crippen molar-refractivity contribution in [3.63, 3.8) is 0 Å². The summed E-state index contributed by atoms with van der Waals surface area (Å²) in [5.74, 6) is -2.34. The average molecular weight is 315 g/mol. The summed E-state index contributed by atoms with van der Waals surface area (Å²) in [6.45, 7) is 0.682. The maximum atomic E-state index is 13.0. The summed E-state index contributed by atoms with van der Waals surface area (Å²) in [4.78, 5) is 15.0. The first-order chi connectivity index (χ1) is 10.9. The molecule has 2 heterocycles. The molecule has 3 aliphatic carbocycles. The molecule has 0 aromatic rings. The van der Waals surface area contributed by atoms with Crippen LogP contribution < -0.4 is 0 Å². The molecule has 1 saturated heterocycles. The molecule has 2 fully saturated rings. The van der Waals surface area contributed by atoms with E-state index in [-0.39, 0.29) is 35.7 Å². The first-order valence-electron chi connectivity index (χ1n) is 7.85. The van der Waals surface area contributed by atoms with E-state index in [1.54, 1.807) is 12.2 Å². The van der Waals surface area contributed by atoms with Gasteiger partial charge in [0.2, 0.25) is 5.79 Å². The van der Waals surface area contributed by atoms with Crippen molar-refractivity contribution in [2.24, 2.45) is 11.3 Å². The lowest BCUT2D eigenvalue weighted by Gasteiger charge is -2.55. The Balaban J connectivity index is 1.85. The van der Waals surface area contributed by atoms with Crippen LogP contribution >= 0.6 is 0 Å². The number of piperidine rings is 1. The number of hydrogen-bond donors (Lipinski definition) is 3. The monoisotopic (exact) mass is 315 g/mol. The topological polar surface area (TPSA) is 90.2 Å². The molecule has 1 saturated carbocycles. The summed E-state index contributed by atoms with van der Waals surface area (Å²) in [6, 6.07) is -0.324. The summed E-state index contributed by atoms with van der Waals surface area (Å²) < 4.78 is 5.84. The van der Waals surface area contributed by atoms with E-state index in [1.165, 1.54) is 0 Å². The van der Waals surface area contributed by atoms with Crippen LogP contribution in [-0.2, 0) is 9.53 Å². The Labute approximate surface area is 132 Å². The molecule has 3 N–H and O–H groups in total. The smallest absolute Gasteiger partial charge is 0.226 e. The third-order valence-electron chi connectivity index (χ3n) is 6.10. The largest absolute Gasteiger partial charge is 0.501 e. The first-order valence-corrected chi connectivity index (χ1v) is 7.85. The molecule has 0 radical (unpaired) electrons. The summed E-state index contributed by atoms with van der Waals surface area (Å²) in [6.07, 6.45) is 3.25. The lowest BCUT2D eigenvalue weighted by molar-refractivity contribution is -0.162. The minimum Gasteiger partial charge on any atom is -0.501 e. The summed E-state index contributed by atoms with van der Waals surface area (Å²) in [7, 11) is 1.92. The Kier molecular flexibility index (Phi) is 2.24. The Hall–Kier alpha value is -1.85. The third-order valence-corrected chi connectivity index (χ3v) is 6.10. The number of ether oxygens (including phenoxy) is 1. The zero-order chi connectivity index (χ0) is 16.1. The number of Topliss-reactive ketones (excluding diaryl/α,β-unsaturated/α-hetero) is 1. The van der Waals surface area contributed by atoms with Crippen LogP contribution in [0.25, 0.3) is 0 Å². The van der Waals surface area contributed by atoms with Gasteiger partial charge in [-0.25, -0.2) is 0 Å². The second-order valence-electron chi connectivity index (χ2n) is 7.14. The molecule has 0 aromatic carbocycles. The Morgan fingerprint density at radius 2 is 2.22 bits per heavy atom. The zero-order valence-corrected chi connectivity index (χ0v) is 12.6. The van der Waals surface area contributed by atoms with E-state index in [2.05, 4.69) is 5.73 Å². The fourth-order valence-corrected chi connectivity index (χ4v) is 5.09. The lowest BCUT2D eigenvalue weighted by atomic mass is 9.52. The number of hydrogen-bond acceptors (Lipinski definition) is 6. The van der Waals surface area contributed by atoms with Crippen LogP contribution in [0.1, 0.15) is 12.8 Å². The van der Waals surface area contributed by atoms with Gasteiger partial charge in [0.05, 0.1) is 11.5 Å². The maximum absolute atomic E-state index is 13.0. The molecule has 0 unspecified atom stereocenters. The molecule has 4 atom stereocenters. The summed E-state index contributed by atoms with van der Waals surface area (Å²) >= 11 is 0. The quantitative estimate of drug-likeness (QED) is 0.435. The van der Waals surface area contributed by atoms with Crippen LogP contribution in [0.2, 0.25) is 0 Å². The van der Waals surface area contributed by atoms with Crippen molar-refractivity contribution in [3.8, 4) is 0 Å². The zero-order valence-electron chi connectivity index (χ0n) is 12.6. The van der Waals surface area contributed by atoms with E-state index < -0.39 is 17.3 Å². The Morgan fingerprint density at radius 1 is 1.43 bits per heavy atom. The number of nitrogens with zero attached hydrogens (tertiary/aromatic N) is 1. The molecule has 6 nitrogen and oxygen atoms in total. The van der Waals surface area contributed by atoms with E-state index in [4.69, 9.17) is 4.74 Å². The predicted octanol–water partition coefficient (Wildman–Crippen LogP) is 0.150.